The van der Waals surface area contributed by atoms with Crippen LogP contribution in [0.1, 0.15) is 46.5 Å². The molecule has 1 saturated heterocycles. The van der Waals surface area contributed by atoms with Gasteiger partial charge >= 0.3 is 0 Å². The van der Waals surface area contributed by atoms with Gasteiger partial charge in [-0.05, 0) is 52.4 Å². The molecule has 0 aromatic carbocycles. The Morgan fingerprint density at radius 3 is 2.64 bits per heavy atom. The topological polar surface area (TPSA) is 9.23 Å². The molecule has 0 aromatic heterocycles. The Morgan fingerprint density at radius 2 is 1.93 bits per heavy atom. The first-order chi connectivity index (χ1) is 6.55. The van der Waals surface area contributed by atoms with Crippen molar-refractivity contribution < 1.29 is 4.74 Å². The highest BCUT2D eigenvalue weighted by molar-refractivity contribution is 5.11. The van der Waals surface area contributed by atoms with E-state index >= 15 is 0 Å². The molecule has 1 nitrogen and oxygen atoms in total. The van der Waals surface area contributed by atoms with Crippen molar-refractivity contribution in [2.75, 3.05) is 0 Å². The van der Waals surface area contributed by atoms with Crippen molar-refractivity contribution in [1.82, 2.24) is 0 Å². The van der Waals surface area contributed by atoms with Gasteiger partial charge in [0.1, 0.15) is 17.4 Å². The van der Waals surface area contributed by atoms with Crippen LogP contribution in [0.4, 0.5) is 0 Å². The average molecular weight is 193 g/mol. The van der Waals surface area contributed by atoms with Crippen LogP contribution in [-0.2, 0) is 4.74 Å². The van der Waals surface area contributed by atoms with E-state index in [4.69, 9.17) is 4.74 Å². The molecule has 3 aliphatic rings. The summed E-state index contributed by atoms with van der Waals surface area (Å²) in [6.45, 7) is 6.92. The van der Waals surface area contributed by atoms with Crippen molar-refractivity contribution in [2.24, 2.45) is 23.2 Å². The van der Waals surface area contributed by atoms with E-state index in [1.807, 2.05) is 0 Å². The summed E-state index contributed by atoms with van der Waals surface area (Å²) < 4.78 is 6.19. The van der Waals surface area contributed by atoms with Crippen molar-refractivity contribution in [1.29, 1.82) is 0 Å². The molecule has 2 aliphatic carbocycles. The van der Waals surface area contributed by atoms with Gasteiger partial charge in [-0.1, -0.05) is 0 Å². The summed E-state index contributed by atoms with van der Waals surface area (Å²) in [4.78, 5) is 0. The van der Waals surface area contributed by atoms with Crippen LogP contribution in [0.15, 0.2) is 0 Å². The Morgan fingerprint density at radius 1 is 1.14 bits per heavy atom. The number of ether oxygens (including phenoxy) is 1. The van der Waals surface area contributed by atoms with Crippen LogP contribution >= 0.6 is 0 Å². The standard InChI is InChI=1S/C13H21O/c1-13(2,3)12-10-5-4-8-6-9(14-12)7-11(8)10/h8-11H,4-7H2,1-3H3/q+1/t8-,9-,10-,11+/m0/s1. The summed E-state index contributed by atoms with van der Waals surface area (Å²) in [5.41, 5.74) is 0.265. The van der Waals surface area contributed by atoms with E-state index < -0.39 is 0 Å². The summed E-state index contributed by atoms with van der Waals surface area (Å²) >= 11 is 0. The predicted octanol–water partition coefficient (Wildman–Crippen LogP) is 3.40. The molecule has 0 amide bonds. The van der Waals surface area contributed by atoms with Crippen LogP contribution in [0.2, 0.25) is 0 Å². The second kappa shape index (κ2) is 2.69. The van der Waals surface area contributed by atoms with E-state index in [0.29, 0.717) is 6.10 Å². The lowest BCUT2D eigenvalue weighted by molar-refractivity contribution is -0.0471. The third kappa shape index (κ3) is 1.14. The molecular weight excluding hydrogens is 172 g/mol. The van der Waals surface area contributed by atoms with Crippen molar-refractivity contribution in [2.45, 2.75) is 52.6 Å². The van der Waals surface area contributed by atoms with E-state index in [9.17, 15) is 0 Å². The van der Waals surface area contributed by atoms with Crippen molar-refractivity contribution in [3.05, 3.63) is 6.10 Å². The molecule has 1 heteroatoms. The first-order valence-corrected chi connectivity index (χ1v) is 6.09. The SMILES string of the molecule is CC(C)(C)[C+]1O[C@H]2C[C@@H]3CC[C@H]1[C@@H]3C2. The number of hydrogen-bond acceptors (Lipinski definition) is 1. The minimum atomic E-state index is 0.265. The highest BCUT2D eigenvalue weighted by atomic mass is 16.5. The van der Waals surface area contributed by atoms with Gasteiger partial charge in [0.2, 0.25) is 6.10 Å². The molecule has 2 saturated carbocycles. The molecule has 0 radical (unpaired) electrons. The molecule has 78 valence electrons. The van der Waals surface area contributed by atoms with Crippen LogP contribution in [0.25, 0.3) is 0 Å². The molecule has 3 rings (SSSR count). The first kappa shape index (κ1) is 9.08. The predicted molar refractivity (Wildman–Crippen MR) is 56.5 cm³/mol. The third-order valence-corrected chi connectivity index (χ3v) is 4.44. The molecule has 0 unspecified atom stereocenters. The zero-order chi connectivity index (χ0) is 9.92. The minimum Gasteiger partial charge on any atom is -0.190 e. The largest absolute Gasteiger partial charge is 0.250 e. The molecule has 3 fully saturated rings. The summed E-state index contributed by atoms with van der Waals surface area (Å²) in [7, 11) is 0. The Kier molecular flexibility index (Phi) is 1.75. The zero-order valence-electron chi connectivity index (χ0n) is 9.55. The van der Waals surface area contributed by atoms with Gasteiger partial charge in [-0.3, -0.25) is 0 Å². The van der Waals surface area contributed by atoms with Gasteiger partial charge in [-0.25, -0.2) is 0 Å². The molecule has 2 bridgehead atoms. The maximum Gasteiger partial charge on any atom is 0.250 e. The van der Waals surface area contributed by atoms with E-state index in [1.165, 1.54) is 31.8 Å². The normalized spacial score (nSPS) is 46.1. The quantitative estimate of drug-likeness (QED) is 0.536. The van der Waals surface area contributed by atoms with Gasteiger partial charge in [0.15, 0.2) is 0 Å². The number of rotatable bonds is 0. The van der Waals surface area contributed by atoms with Gasteiger partial charge in [-0.15, -0.1) is 0 Å². The summed E-state index contributed by atoms with van der Waals surface area (Å²) in [5, 5.41) is 0. The molecule has 14 heavy (non-hydrogen) atoms. The lowest BCUT2D eigenvalue weighted by Crippen LogP contribution is -2.36. The number of hydrogen-bond donors (Lipinski definition) is 0. The first-order valence-electron chi connectivity index (χ1n) is 6.09. The van der Waals surface area contributed by atoms with E-state index in [0.717, 1.165) is 17.8 Å². The number of fused-ring (bicyclic) bond motifs is 1. The summed E-state index contributed by atoms with van der Waals surface area (Å²) in [5.74, 6) is 2.80. The minimum absolute atomic E-state index is 0.265. The van der Waals surface area contributed by atoms with E-state index in [2.05, 4.69) is 20.8 Å². The highest BCUT2D eigenvalue weighted by Gasteiger charge is 2.62. The Balaban J connectivity index is 1.89. The molecule has 1 aliphatic heterocycles. The smallest absolute Gasteiger partial charge is 0.190 e. The van der Waals surface area contributed by atoms with Crippen LogP contribution in [-0.4, -0.2) is 6.10 Å². The molecule has 1 heterocycles. The molecular formula is C13H21O+. The fourth-order valence-electron chi connectivity index (χ4n) is 3.96. The van der Waals surface area contributed by atoms with Gasteiger partial charge < -0.3 is 0 Å². The maximum absolute atomic E-state index is 6.19. The highest BCUT2D eigenvalue weighted by Crippen LogP contribution is 2.59. The Labute approximate surface area is 87.2 Å². The molecule has 4 atom stereocenters. The lowest BCUT2D eigenvalue weighted by Gasteiger charge is -2.30. The monoisotopic (exact) mass is 193 g/mol. The fraction of sp³-hybridized carbons (Fsp3) is 0.923. The molecule has 0 aromatic rings. The van der Waals surface area contributed by atoms with Crippen LogP contribution < -0.4 is 0 Å². The second-order valence-electron chi connectivity index (χ2n) is 6.43. The van der Waals surface area contributed by atoms with Crippen LogP contribution in [0.5, 0.6) is 0 Å². The van der Waals surface area contributed by atoms with Crippen molar-refractivity contribution in [3.8, 4) is 0 Å². The van der Waals surface area contributed by atoms with Gasteiger partial charge in [0.05, 0.1) is 0 Å². The molecule has 0 N–H and O–H groups in total. The fourth-order valence-corrected chi connectivity index (χ4v) is 3.96. The Bertz CT molecular complexity index is 238. The Hall–Kier alpha value is -0.170. The summed E-state index contributed by atoms with van der Waals surface area (Å²) in [6.07, 6.45) is 7.58. The zero-order valence-corrected chi connectivity index (χ0v) is 9.55. The van der Waals surface area contributed by atoms with Gasteiger partial charge in [0.25, 0.3) is 0 Å². The second-order valence-corrected chi connectivity index (χ2v) is 6.43. The maximum atomic E-state index is 6.19. The summed E-state index contributed by atoms with van der Waals surface area (Å²) in [6, 6.07) is 0. The van der Waals surface area contributed by atoms with E-state index in [1.54, 1.807) is 0 Å². The van der Waals surface area contributed by atoms with Crippen LogP contribution in [0, 0.1) is 29.3 Å². The van der Waals surface area contributed by atoms with Crippen molar-refractivity contribution >= 4 is 0 Å². The lowest BCUT2D eigenvalue weighted by atomic mass is 9.74. The van der Waals surface area contributed by atoms with Gasteiger partial charge in [0, 0.05) is 5.92 Å². The van der Waals surface area contributed by atoms with E-state index in [-0.39, 0.29) is 5.41 Å². The molecule has 0 spiro atoms. The van der Waals surface area contributed by atoms with Crippen molar-refractivity contribution in [3.63, 3.8) is 0 Å². The van der Waals surface area contributed by atoms with Gasteiger partial charge in [-0.2, -0.15) is 4.74 Å². The average Bonchev–Trinajstić information content (AvgIpc) is 2.53. The van der Waals surface area contributed by atoms with Crippen LogP contribution in [0.3, 0.4) is 0 Å². The third-order valence-electron chi connectivity index (χ3n) is 4.44.